The quantitative estimate of drug-likeness (QED) is 0.384. The third kappa shape index (κ3) is 6.20. The zero-order valence-corrected chi connectivity index (χ0v) is 21.4. The van der Waals surface area contributed by atoms with Gasteiger partial charge in [-0.15, -0.1) is 11.8 Å². The third-order valence-electron chi connectivity index (χ3n) is 5.82. The predicted molar refractivity (Wildman–Crippen MR) is 143 cm³/mol. The number of hydrogen-bond acceptors (Lipinski definition) is 3. The van der Waals surface area contributed by atoms with Crippen molar-refractivity contribution in [1.82, 2.24) is 5.32 Å². The van der Waals surface area contributed by atoms with Crippen LogP contribution in [0.4, 0.5) is 0 Å². The van der Waals surface area contributed by atoms with Crippen molar-refractivity contribution in [3.8, 4) is 5.75 Å². The normalized spacial score (nSPS) is 12.1. The molecular formula is C29H35NO2S. The van der Waals surface area contributed by atoms with Gasteiger partial charge in [-0.25, -0.2) is 0 Å². The van der Waals surface area contributed by atoms with Crippen molar-refractivity contribution in [3.63, 3.8) is 0 Å². The lowest BCUT2D eigenvalue weighted by Gasteiger charge is -2.21. The summed E-state index contributed by atoms with van der Waals surface area (Å²) in [6, 6.07) is 18.6. The van der Waals surface area contributed by atoms with Crippen molar-refractivity contribution in [2.24, 2.45) is 0 Å². The highest BCUT2D eigenvalue weighted by molar-refractivity contribution is 8.02. The highest BCUT2D eigenvalue weighted by Crippen LogP contribution is 2.29. The number of benzene rings is 3. The van der Waals surface area contributed by atoms with E-state index in [0.717, 1.165) is 28.9 Å². The van der Waals surface area contributed by atoms with Gasteiger partial charge in [0.1, 0.15) is 5.75 Å². The molecule has 0 atom stereocenters. The molecule has 174 valence electrons. The van der Waals surface area contributed by atoms with Crippen LogP contribution in [0.1, 0.15) is 61.7 Å². The summed E-state index contributed by atoms with van der Waals surface area (Å²) in [5.41, 5.74) is 5.58. The van der Waals surface area contributed by atoms with Crippen molar-refractivity contribution in [2.45, 2.75) is 46.5 Å². The van der Waals surface area contributed by atoms with Crippen molar-refractivity contribution >= 4 is 34.0 Å². The van der Waals surface area contributed by atoms with Gasteiger partial charge in [-0.2, -0.15) is 0 Å². The molecule has 0 bridgehead atoms. The lowest BCUT2D eigenvalue weighted by Crippen LogP contribution is -2.26. The lowest BCUT2D eigenvalue weighted by atomic mass is 9.85. The fraction of sp³-hybridized carbons (Fsp3) is 0.345. The molecule has 3 nitrogen and oxygen atoms in total. The Morgan fingerprint density at radius 2 is 1.88 bits per heavy atom. The molecule has 0 spiro atoms. The molecule has 0 unspecified atom stereocenters. The second-order valence-corrected chi connectivity index (χ2v) is 10.4. The van der Waals surface area contributed by atoms with E-state index in [2.05, 4.69) is 81.7 Å². The minimum absolute atomic E-state index is 0.0537. The SMILES string of the molecule is CCS/C=C(\C)c1cccc2cc(C(=O)NCCc3cc(C(C)(C)C)ccc3OC)ccc12. The largest absolute Gasteiger partial charge is 0.496 e. The maximum absolute atomic E-state index is 12.9. The number of allylic oxidation sites excluding steroid dienone is 1. The number of fused-ring (bicyclic) bond motifs is 1. The molecular weight excluding hydrogens is 426 g/mol. The fourth-order valence-corrected chi connectivity index (χ4v) is 4.44. The zero-order chi connectivity index (χ0) is 24.0. The van der Waals surface area contributed by atoms with Gasteiger partial charge in [-0.1, -0.05) is 64.1 Å². The number of hydrogen-bond donors (Lipinski definition) is 1. The molecule has 0 aromatic heterocycles. The molecule has 0 fully saturated rings. The van der Waals surface area contributed by atoms with Crippen LogP contribution in [0, 0.1) is 0 Å². The molecule has 0 saturated heterocycles. The van der Waals surface area contributed by atoms with Gasteiger partial charge in [0.15, 0.2) is 0 Å². The van der Waals surface area contributed by atoms with Crippen LogP contribution in [0.5, 0.6) is 5.75 Å². The minimum atomic E-state index is -0.0537. The number of ether oxygens (including phenoxy) is 1. The number of methoxy groups -OCH3 is 1. The summed E-state index contributed by atoms with van der Waals surface area (Å²) >= 11 is 1.80. The second kappa shape index (κ2) is 10.9. The van der Waals surface area contributed by atoms with Crippen LogP contribution in [0.25, 0.3) is 16.3 Å². The number of thioether (sulfide) groups is 1. The van der Waals surface area contributed by atoms with Gasteiger partial charge in [0, 0.05) is 12.1 Å². The highest BCUT2D eigenvalue weighted by atomic mass is 32.2. The first-order valence-corrected chi connectivity index (χ1v) is 12.6. The first-order chi connectivity index (χ1) is 15.7. The molecule has 0 heterocycles. The Morgan fingerprint density at radius 1 is 1.09 bits per heavy atom. The van der Waals surface area contributed by atoms with Crippen LogP contribution in [-0.2, 0) is 11.8 Å². The summed E-state index contributed by atoms with van der Waals surface area (Å²) in [6.07, 6.45) is 0.718. The van der Waals surface area contributed by atoms with Crippen LogP contribution in [0.3, 0.4) is 0 Å². The first kappa shape index (κ1) is 24.9. The molecule has 3 aromatic carbocycles. The van der Waals surface area contributed by atoms with Crippen molar-refractivity contribution in [1.29, 1.82) is 0 Å². The van der Waals surface area contributed by atoms with E-state index >= 15 is 0 Å². The number of nitrogens with one attached hydrogen (secondary N) is 1. The Hall–Kier alpha value is -2.72. The topological polar surface area (TPSA) is 38.3 Å². The number of carbonyl (C=O) groups is 1. The Kier molecular flexibility index (Phi) is 8.25. The maximum Gasteiger partial charge on any atom is 0.251 e. The average Bonchev–Trinajstić information content (AvgIpc) is 2.80. The van der Waals surface area contributed by atoms with Gasteiger partial charge < -0.3 is 10.1 Å². The monoisotopic (exact) mass is 461 g/mol. The third-order valence-corrected chi connectivity index (χ3v) is 6.67. The summed E-state index contributed by atoms with van der Waals surface area (Å²) in [4.78, 5) is 12.9. The predicted octanol–water partition coefficient (Wildman–Crippen LogP) is 7.23. The van der Waals surface area contributed by atoms with Crippen LogP contribution >= 0.6 is 11.8 Å². The molecule has 3 rings (SSSR count). The van der Waals surface area contributed by atoms with E-state index in [1.807, 2.05) is 18.2 Å². The number of carbonyl (C=O) groups excluding carboxylic acids is 1. The molecule has 0 radical (unpaired) electrons. The van der Waals surface area contributed by atoms with Gasteiger partial charge in [0.25, 0.3) is 5.91 Å². The van der Waals surface area contributed by atoms with E-state index < -0.39 is 0 Å². The summed E-state index contributed by atoms with van der Waals surface area (Å²) in [5.74, 6) is 1.86. The van der Waals surface area contributed by atoms with E-state index in [0.29, 0.717) is 12.1 Å². The van der Waals surface area contributed by atoms with Crippen molar-refractivity contribution in [2.75, 3.05) is 19.4 Å². The molecule has 0 aliphatic rings. The van der Waals surface area contributed by atoms with Gasteiger partial charge in [-0.3, -0.25) is 4.79 Å². The fourth-order valence-electron chi connectivity index (χ4n) is 3.89. The van der Waals surface area contributed by atoms with Crippen molar-refractivity contribution in [3.05, 3.63) is 82.3 Å². The van der Waals surface area contributed by atoms with E-state index in [-0.39, 0.29) is 11.3 Å². The molecule has 0 aliphatic heterocycles. The van der Waals surface area contributed by atoms with E-state index in [4.69, 9.17) is 4.74 Å². The van der Waals surface area contributed by atoms with Gasteiger partial charge >= 0.3 is 0 Å². The van der Waals surface area contributed by atoms with Gasteiger partial charge in [0.05, 0.1) is 7.11 Å². The Morgan fingerprint density at radius 3 is 2.58 bits per heavy atom. The molecule has 1 N–H and O–H groups in total. The molecule has 3 aromatic rings. The van der Waals surface area contributed by atoms with Crippen LogP contribution < -0.4 is 10.1 Å². The number of rotatable bonds is 8. The summed E-state index contributed by atoms with van der Waals surface area (Å²) < 4.78 is 5.54. The van der Waals surface area contributed by atoms with Crippen LogP contribution in [-0.4, -0.2) is 25.3 Å². The Labute approximate surface area is 202 Å². The van der Waals surface area contributed by atoms with Gasteiger partial charge in [0.2, 0.25) is 0 Å². The molecule has 0 saturated carbocycles. The van der Waals surface area contributed by atoms with E-state index in [1.54, 1.807) is 18.9 Å². The zero-order valence-electron chi connectivity index (χ0n) is 20.6. The lowest BCUT2D eigenvalue weighted by molar-refractivity contribution is 0.0954. The smallest absolute Gasteiger partial charge is 0.251 e. The van der Waals surface area contributed by atoms with Crippen molar-refractivity contribution < 1.29 is 9.53 Å². The summed E-state index contributed by atoms with van der Waals surface area (Å²) in [5, 5.41) is 7.53. The molecule has 4 heteroatoms. The van der Waals surface area contributed by atoms with Gasteiger partial charge in [-0.05, 0) is 81.2 Å². The molecule has 33 heavy (non-hydrogen) atoms. The molecule has 1 amide bonds. The van der Waals surface area contributed by atoms with Crippen LogP contribution in [0.15, 0.2) is 60.0 Å². The first-order valence-electron chi connectivity index (χ1n) is 11.5. The average molecular weight is 462 g/mol. The van der Waals surface area contributed by atoms with E-state index in [1.165, 1.54) is 22.1 Å². The number of amides is 1. The summed E-state index contributed by atoms with van der Waals surface area (Å²) in [7, 11) is 1.69. The highest BCUT2D eigenvalue weighted by Gasteiger charge is 2.16. The standard InChI is InChI=1S/C29H35NO2S/c1-7-33-19-20(2)25-10-8-9-21-17-23(11-13-26(21)25)28(31)30-16-15-22-18-24(29(3,4)5)12-14-27(22)32-6/h8-14,17-19H,7,15-16H2,1-6H3,(H,30,31)/b20-19+. The van der Waals surface area contributed by atoms with E-state index in [9.17, 15) is 4.79 Å². The Balaban J connectivity index is 1.73. The second-order valence-electron chi connectivity index (χ2n) is 9.28. The molecule has 0 aliphatic carbocycles. The van der Waals surface area contributed by atoms with Crippen LogP contribution in [0.2, 0.25) is 0 Å². The maximum atomic E-state index is 12.9. The summed E-state index contributed by atoms with van der Waals surface area (Å²) in [6.45, 7) is 11.4. The minimum Gasteiger partial charge on any atom is -0.496 e. The Bertz CT molecular complexity index is 1160.